The third kappa shape index (κ3) is 5.77. The van der Waals surface area contributed by atoms with Crippen LogP contribution in [0.1, 0.15) is 25.3 Å². The molecule has 3 N–H and O–H groups in total. The van der Waals surface area contributed by atoms with Crippen molar-refractivity contribution in [2.24, 2.45) is 0 Å². The van der Waals surface area contributed by atoms with E-state index in [1.807, 2.05) is 17.4 Å². The van der Waals surface area contributed by atoms with Gasteiger partial charge in [0.15, 0.2) is 6.29 Å². The van der Waals surface area contributed by atoms with Crippen LogP contribution in [0.3, 0.4) is 0 Å². The van der Waals surface area contributed by atoms with Gasteiger partial charge in [0.1, 0.15) is 12.4 Å². The lowest BCUT2D eigenvalue weighted by molar-refractivity contribution is -0.306. The molecule has 14 heteroatoms. The van der Waals surface area contributed by atoms with Crippen LogP contribution in [-0.4, -0.2) is 55.2 Å². The minimum Gasteiger partial charge on any atom is -0.488 e. The van der Waals surface area contributed by atoms with Crippen molar-refractivity contribution in [2.75, 3.05) is 30.9 Å². The van der Waals surface area contributed by atoms with Crippen molar-refractivity contribution in [1.82, 2.24) is 4.57 Å². The van der Waals surface area contributed by atoms with Crippen LogP contribution in [0.4, 0.5) is 42.5 Å². The quantitative estimate of drug-likeness (QED) is 0.317. The van der Waals surface area contributed by atoms with E-state index in [0.717, 1.165) is 30.2 Å². The molecule has 0 radical (unpaired) electrons. The van der Waals surface area contributed by atoms with Gasteiger partial charge in [-0.05, 0) is 43.5 Å². The van der Waals surface area contributed by atoms with Crippen molar-refractivity contribution in [3.8, 4) is 17.0 Å². The van der Waals surface area contributed by atoms with E-state index in [-0.39, 0.29) is 18.3 Å². The van der Waals surface area contributed by atoms with Crippen LogP contribution in [0.2, 0.25) is 0 Å². The molecule has 0 bridgehead atoms. The molecule has 8 nitrogen and oxygen atoms in total. The molecule has 40 heavy (non-hydrogen) atoms. The number of rotatable bonds is 7. The van der Waals surface area contributed by atoms with E-state index in [1.165, 1.54) is 12.1 Å². The van der Waals surface area contributed by atoms with Gasteiger partial charge in [0.05, 0.1) is 30.1 Å². The number of nitrogen functional groups attached to an aromatic ring is 1. The summed E-state index contributed by atoms with van der Waals surface area (Å²) in [7, 11) is 0. The van der Waals surface area contributed by atoms with Gasteiger partial charge in [-0.2, -0.15) is 26.3 Å². The Hall–Kier alpha value is -3.65. The number of carbonyl (C=O) groups excluding carboxylic acids is 1. The van der Waals surface area contributed by atoms with Crippen molar-refractivity contribution in [2.45, 2.75) is 50.1 Å². The number of anilines is 2. The highest BCUT2D eigenvalue weighted by Crippen LogP contribution is 2.45. The van der Waals surface area contributed by atoms with Gasteiger partial charge in [-0.25, -0.2) is 4.79 Å². The zero-order chi connectivity index (χ0) is 28.7. The first kappa shape index (κ1) is 27.9. The van der Waals surface area contributed by atoms with E-state index >= 15 is 0 Å². The number of nitrogens with one attached hydrogen (secondary N) is 1. The molecule has 1 saturated carbocycles. The van der Waals surface area contributed by atoms with Crippen LogP contribution in [-0.2, 0) is 14.2 Å². The molecule has 0 unspecified atom stereocenters. The standard InChI is InChI=1S/C26H25F6N3O5/c27-25(28,29)23(26(30,31)32)40-24(36)34-15-6-4-14(5-7-15)22-21(33)18-9-8-17(39-13-20-37-10-11-38-20)12-19(18)35(22)16-2-1-3-16/h4-9,12,16,20,23H,1-3,10-11,13,33H2,(H,34,36). The number of ether oxygens (including phenoxy) is 4. The number of carbonyl (C=O) groups is 1. The highest BCUT2D eigenvalue weighted by atomic mass is 19.4. The normalized spacial score (nSPS) is 16.9. The molecule has 216 valence electrons. The van der Waals surface area contributed by atoms with Crippen molar-refractivity contribution >= 4 is 28.4 Å². The van der Waals surface area contributed by atoms with Gasteiger partial charge in [-0.3, -0.25) is 5.32 Å². The number of fused-ring (bicyclic) bond motifs is 1. The molecule has 2 fully saturated rings. The van der Waals surface area contributed by atoms with Crippen LogP contribution in [0.15, 0.2) is 42.5 Å². The Labute approximate surface area is 223 Å². The number of hydrogen-bond donors (Lipinski definition) is 2. The number of nitrogens with two attached hydrogens (primary N) is 1. The third-order valence-corrected chi connectivity index (χ3v) is 6.76. The zero-order valence-electron chi connectivity index (χ0n) is 20.8. The zero-order valence-corrected chi connectivity index (χ0v) is 20.8. The summed E-state index contributed by atoms with van der Waals surface area (Å²) in [4.78, 5) is 11.8. The molecule has 2 heterocycles. The van der Waals surface area contributed by atoms with E-state index in [4.69, 9.17) is 19.9 Å². The van der Waals surface area contributed by atoms with Gasteiger partial charge in [-0.15, -0.1) is 0 Å². The first-order valence-electron chi connectivity index (χ1n) is 12.4. The number of hydrogen-bond acceptors (Lipinski definition) is 6. The van der Waals surface area contributed by atoms with Crippen molar-refractivity contribution in [1.29, 1.82) is 0 Å². The molecule has 1 aliphatic carbocycles. The second kappa shape index (κ2) is 10.7. The minimum absolute atomic E-state index is 0.0613. The van der Waals surface area contributed by atoms with Crippen LogP contribution >= 0.6 is 0 Å². The topological polar surface area (TPSA) is 97.0 Å². The molecule has 1 aromatic heterocycles. The van der Waals surface area contributed by atoms with E-state index < -0.39 is 30.8 Å². The Morgan fingerprint density at radius 1 is 1.02 bits per heavy atom. The summed E-state index contributed by atoms with van der Waals surface area (Å²) in [5, 5.41) is 2.70. The Balaban J connectivity index is 1.38. The molecule has 0 atom stereocenters. The Morgan fingerprint density at radius 3 is 2.25 bits per heavy atom. The SMILES string of the molecule is Nc1c(-c2ccc(NC(=O)OC(C(F)(F)F)C(F)(F)F)cc2)n(C2CCC2)c2cc(OCC3OCCO3)ccc12. The highest BCUT2D eigenvalue weighted by molar-refractivity contribution is 6.01. The monoisotopic (exact) mass is 573 g/mol. The third-order valence-electron chi connectivity index (χ3n) is 6.76. The van der Waals surface area contributed by atoms with Gasteiger partial charge in [0.25, 0.3) is 6.10 Å². The maximum Gasteiger partial charge on any atom is 0.434 e. The molecule has 1 saturated heterocycles. The smallest absolute Gasteiger partial charge is 0.434 e. The van der Waals surface area contributed by atoms with Crippen LogP contribution in [0.5, 0.6) is 5.75 Å². The molecular formula is C26H25F6N3O5. The number of benzene rings is 2. The predicted octanol–water partition coefficient (Wildman–Crippen LogP) is 6.41. The fraction of sp³-hybridized carbons (Fsp3) is 0.423. The summed E-state index contributed by atoms with van der Waals surface area (Å²) in [5.74, 6) is 0.602. The number of aromatic nitrogens is 1. The lowest BCUT2D eigenvalue weighted by Crippen LogP contribution is -2.46. The van der Waals surface area contributed by atoms with Crippen molar-refractivity contribution in [3.63, 3.8) is 0 Å². The van der Waals surface area contributed by atoms with Crippen LogP contribution in [0.25, 0.3) is 22.2 Å². The fourth-order valence-corrected chi connectivity index (χ4v) is 4.68. The Morgan fingerprint density at radius 2 is 1.68 bits per heavy atom. The second-order valence-electron chi connectivity index (χ2n) is 9.45. The molecule has 3 aromatic rings. The van der Waals surface area contributed by atoms with Gasteiger partial charge in [-0.1, -0.05) is 12.1 Å². The van der Waals surface area contributed by atoms with Crippen LogP contribution in [0, 0.1) is 0 Å². The lowest BCUT2D eigenvalue weighted by atomic mass is 9.92. The molecule has 2 aliphatic rings. The first-order valence-corrected chi connectivity index (χ1v) is 12.4. The van der Waals surface area contributed by atoms with E-state index in [1.54, 1.807) is 18.2 Å². The van der Waals surface area contributed by atoms with E-state index in [9.17, 15) is 31.1 Å². The summed E-state index contributed by atoms with van der Waals surface area (Å²) in [6, 6.07) is 11.5. The highest BCUT2D eigenvalue weighted by Gasteiger charge is 2.60. The van der Waals surface area contributed by atoms with E-state index in [2.05, 4.69) is 9.30 Å². The fourth-order valence-electron chi connectivity index (χ4n) is 4.68. The van der Waals surface area contributed by atoms with Crippen LogP contribution < -0.4 is 15.8 Å². The summed E-state index contributed by atoms with van der Waals surface area (Å²) >= 11 is 0. The van der Waals surface area contributed by atoms with Gasteiger partial charge < -0.3 is 29.2 Å². The average molecular weight is 573 g/mol. The number of amides is 1. The molecule has 1 amide bonds. The summed E-state index contributed by atoms with van der Waals surface area (Å²) < 4.78 is 98.6. The number of halogens is 6. The number of nitrogens with zero attached hydrogens (tertiary/aromatic N) is 1. The second-order valence-corrected chi connectivity index (χ2v) is 9.45. The maximum atomic E-state index is 12.7. The molecule has 5 rings (SSSR count). The molecular weight excluding hydrogens is 548 g/mol. The summed E-state index contributed by atoms with van der Waals surface area (Å²) in [6.07, 6.45) is -15.3. The lowest BCUT2D eigenvalue weighted by Gasteiger charge is -2.30. The van der Waals surface area contributed by atoms with Crippen molar-refractivity contribution < 1.29 is 50.1 Å². The summed E-state index contributed by atoms with van der Waals surface area (Å²) in [5.41, 5.74) is 9.18. The average Bonchev–Trinajstić information content (AvgIpc) is 3.46. The molecule has 0 spiro atoms. The molecule has 1 aliphatic heterocycles. The van der Waals surface area contributed by atoms with E-state index in [0.29, 0.717) is 35.9 Å². The summed E-state index contributed by atoms with van der Waals surface area (Å²) in [6.45, 7) is 1.24. The number of alkyl halides is 6. The van der Waals surface area contributed by atoms with Gasteiger partial charge in [0, 0.05) is 28.7 Å². The maximum absolute atomic E-state index is 12.7. The van der Waals surface area contributed by atoms with Gasteiger partial charge in [0.2, 0.25) is 0 Å². The largest absolute Gasteiger partial charge is 0.488 e. The Kier molecular flexibility index (Phi) is 7.48. The minimum atomic E-state index is -5.81. The molecule has 2 aromatic carbocycles. The predicted molar refractivity (Wildman–Crippen MR) is 132 cm³/mol. The Bertz CT molecular complexity index is 1350. The van der Waals surface area contributed by atoms with Crippen molar-refractivity contribution in [3.05, 3.63) is 42.5 Å². The first-order chi connectivity index (χ1) is 18.9. The van der Waals surface area contributed by atoms with Gasteiger partial charge >= 0.3 is 18.4 Å².